The van der Waals surface area contributed by atoms with Crippen LogP contribution >= 0.6 is 12.2 Å². The van der Waals surface area contributed by atoms with Crippen LogP contribution in [0, 0.1) is 13.8 Å². The molecule has 23 heavy (non-hydrogen) atoms. The number of nitrogens with zero attached hydrogens (tertiary/aromatic N) is 2. The van der Waals surface area contributed by atoms with Crippen LogP contribution in [0.2, 0.25) is 0 Å². The third kappa shape index (κ3) is 4.10. The molecule has 0 fully saturated rings. The number of nitrogens with one attached hydrogen (secondary N) is 2. The molecule has 2 aromatic rings. The predicted octanol–water partition coefficient (Wildman–Crippen LogP) is 4.84. The number of hydrogen-bond donors (Lipinski definition) is 2. The van der Waals surface area contributed by atoms with Crippen molar-refractivity contribution in [3.05, 3.63) is 41.2 Å². The van der Waals surface area contributed by atoms with Crippen molar-refractivity contribution in [2.45, 2.75) is 53.5 Å². The van der Waals surface area contributed by atoms with Crippen LogP contribution in [0.5, 0.6) is 0 Å². The van der Waals surface area contributed by atoms with Gasteiger partial charge in [0.1, 0.15) is 0 Å². The summed E-state index contributed by atoms with van der Waals surface area (Å²) in [4.78, 5) is 0. The lowest BCUT2D eigenvalue weighted by Crippen LogP contribution is -2.20. The number of anilines is 2. The van der Waals surface area contributed by atoms with E-state index in [1.54, 1.807) is 0 Å². The van der Waals surface area contributed by atoms with Gasteiger partial charge >= 0.3 is 0 Å². The molecule has 2 rings (SSSR count). The van der Waals surface area contributed by atoms with Crippen molar-refractivity contribution < 1.29 is 0 Å². The lowest BCUT2D eigenvalue weighted by molar-refractivity contribution is 0.634. The second-order valence-corrected chi connectivity index (χ2v) is 6.28. The summed E-state index contributed by atoms with van der Waals surface area (Å²) in [5, 5.41) is 11.6. The van der Waals surface area contributed by atoms with Crippen LogP contribution < -0.4 is 10.6 Å². The summed E-state index contributed by atoms with van der Waals surface area (Å²) >= 11 is 5.43. The largest absolute Gasteiger partial charge is 0.332 e. The summed E-state index contributed by atoms with van der Waals surface area (Å²) in [5.41, 5.74) is 5.39. The van der Waals surface area contributed by atoms with Crippen LogP contribution in [0.3, 0.4) is 0 Å². The standard InChI is InChI=1S/C18H26N4S/c1-6-12(3)15-8-10-16(11-9-15)19-18(23)20-17-13(4)21-22(7-2)14(17)5/h8-12H,6-7H2,1-5H3,(H2,19,20,23). The van der Waals surface area contributed by atoms with E-state index in [1.807, 2.05) is 11.6 Å². The first-order valence-corrected chi connectivity index (χ1v) is 8.59. The molecule has 0 amide bonds. The van der Waals surface area contributed by atoms with Gasteiger partial charge in [0, 0.05) is 12.2 Å². The number of hydrogen-bond acceptors (Lipinski definition) is 2. The third-order valence-electron chi connectivity index (χ3n) is 4.27. The monoisotopic (exact) mass is 330 g/mol. The second-order valence-electron chi connectivity index (χ2n) is 5.87. The maximum atomic E-state index is 5.43. The van der Waals surface area contributed by atoms with Gasteiger partial charge in [-0.05, 0) is 63.0 Å². The van der Waals surface area contributed by atoms with Gasteiger partial charge in [-0.3, -0.25) is 4.68 Å². The molecule has 0 aliphatic heterocycles. The quantitative estimate of drug-likeness (QED) is 0.770. The Balaban J connectivity index is 2.04. The van der Waals surface area contributed by atoms with E-state index in [0.717, 1.165) is 35.7 Å². The zero-order chi connectivity index (χ0) is 17.0. The molecule has 1 aromatic heterocycles. The maximum absolute atomic E-state index is 5.43. The first kappa shape index (κ1) is 17.5. The van der Waals surface area contributed by atoms with Gasteiger partial charge in [0.25, 0.3) is 0 Å². The van der Waals surface area contributed by atoms with Crippen molar-refractivity contribution in [2.75, 3.05) is 10.6 Å². The van der Waals surface area contributed by atoms with Crippen molar-refractivity contribution >= 4 is 28.7 Å². The molecule has 1 atom stereocenters. The number of aryl methyl sites for hydroxylation is 2. The number of benzene rings is 1. The lowest BCUT2D eigenvalue weighted by atomic mass is 9.99. The molecule has 0 aliphatic rings. The molecule has 2 N–H and O–H groups in total. The summed E-state index contributed by atoms with van der Waals surface area (Å²) in [6.45, 7) is 11.4. The molecule has 1 heterocycles. The Labute approximate surface area is 144 Å². The number of aromatic nitrogens is 2. The fraction of sp³-hybridized carbons (Fsp3) is 0.444. The van der Waals surface area contributed by atoms with E-state index in [2.05, 4.69) is 67.7 Å². The summed E-state index contributed by atoms with van der Waals surface area (Å²) < 4.78 is 1.97. The smallest absolute Gasteiger partial charge is 0.175 e. The molecular weight excluding hydrogens is 304 g/mol. The highest BCUT2D eigenvalue weighted by molar-refractivity contribution is 7.80. The van der Waals surface area contributed by atoms with E-state index in [1.165, 1.54) is 5.56 Å². The normalized spacial score (nSPS) is 12.0. The van der Waals surface area contributed by atoms with Gasteiger partial charge in [-0.2, -0.15) is 5.10 Å². The van der Waals surface area contributed by atoms with Crippen molar-refractivity contribution in [1.29, 1.82) is 0 Å². The van der Waals surface area contributed by atoms with E-state index >= 15 is 0 Å². The zero-order valence-electron chi connectivity index (χ0n) is 14.6. The van der Waals surface area contributed by atoms with Crippen LogP contribution in [0.1, 0.15) is 50.1 Å². The van der Waals surface area contributed by atoms with Crippen LogP contribution in [0.4, 0.5) is 11.4 Å². The number of thiocarbonyl (C=S) groups is 1. The molecule has 4 nitrogen and oxygen atoms in total. The van der Waals surface area contributed by atoms with Crippen molar-refractivity contribution in [3.63, 3.8) is 0 Å². The minimum absolute atomic E-state index is 0.583. The van der Waals surface area contributed by atoms with Crippen molar-refractivity contribution in [3.8, 4) is 0 Å². The molecule has 5 heteroatoms. The van der Waals surface area contributed by atoms with Crippen LogP contribution in [-0.2, 0) is 6.54 Å². The minimum atomic E-state index is 0.583. The highest BCUT2D eigenvalue weighted by atomic mass is 32.1. The molecule has 0 bridgehead atoms. The van der Waals surface area contributed by atoms with Gasteiger partial charge in [-0.15, -0.1) is 0 Å². The molecule has 0 radical (unpaired) electrons. The first-order chi connectivity index (χ1) is 11.0. The Morgan fingerprint density at radius 2 is 1.83 bits per heavy atom. The average Bonchev–Trinajstić information content (AvgIpc) is 2.82. The van der Waals surface area contributed by atoms with Gasteiger partial charge in [0.2, 0.25) is 0 Å². The molecule has 0 saturated carbocycles. The van der Waals surface area contributed by atoms with Crippen molar-refractivity contribution in [2.24, 2.45) is 0 Å². The molecule has 1 aromatic carbocycles. The van der Waals surface area contributed by atoms with Crippen molar-refractivity contribution in [1.82, 2.24) is 9.78 Å². The van der Waals surface area contributed by atoms with E-state index in [4.69, 9.17) is 12.2 Å². The second kappa shape index (κ2) is 7.59. The fourth-order valence-electron chi connectivity index (χ4n) is 2.59. The Morgan fingerprint density at radius 1 is 1.17 bits per heavy atom. The summed E-state index contributed by atoms with van der Waals surface area (Å²) in [7, 11) is 0. The SMILES string of the molecule is CCC(C)c1ccc(NC(=S)Nc2c(C)nn(CC)c2C)cc1. The van der Waals surface area contributed by atoms with E-state index in [-0.39, 0.29) is 0 Å². The molecule has 1 unspecified atom stereocenters. The molecule has 0 spiro atoms. The van der Waals surface area contributed by atoms with E-state index in [0.29, 0.717) is 11.0 Å². The highest BCUT2D eigenvalue weighted by Gasteiger charge is 2.12. The lowest BCUT2D eigenvalue weighted by Gasteiger charge is -2.13. The highest BCUT2D eigenvalue weighted by Crippen LogP contribution is 2.22. The molecule has 124 valence electrons. The average molecular weight is 331 g/mol. The van der Waals surface area contributed by atoms with E-state index in [9.17, 15) is 0 Å². The van der Waals surface area contributed by atoms with Gasteiger partial charge < -0.3 is 10.6 Å². The third-order valence-corrected chi connectivity index (χ3v) is 4.47. The maximum Gasteiger partial charge on any atom is 0.175 e. The van der Waals surface area contributed by atoms with Crippen LogP contribution in [0.15, 0.2) is 24.3 Å². The van der Waals surface area contributed by atoms with Crippen LogP contribution in [-0.4, -0.2) is 14.9 Å². The fourth-order valence-corrected chi connectivity index (χ4v) is 2.81. The topological polar surface area (TPSA) is 41.9 Å². The Hall–Kier alpha value is -1.88. The molecular formula is C18H26N4S. The first-order valence-electron chi connectivity index (χ1n) is 8.18. The van der Waals surface area contributed by atoms with Gasteiger partial charge in [0.15, 0.2) is 5.11 Å². The molecule has 0 saturated heterocycles. The summed E-state index contributed by atoms with van der Waals surface area (Å²) in [6.07, 6.45) is 1.15. The van der Waals surface area contributed by atoms with Gasteiger partial charge in [-0.1, -0.05) is 26.0 Å². The Morgan fingerprint density at radius 3 is 2.35 bits per heavy atom. The van der Waals surface area contributed by atoms with Gasteiger partial charge in [0.05, 0.1) is 17.1 Å². The molecule has 0 aliphatic carbocycles. The van der Waals surface area contributed by atoms with Crippen LogP contribution in [0.25, 0.3) is 0 Å². The summed E-state index contributed by atoms with van der Waals surface area (Å²) in [6, 6.07) is 8.46. The zero-order valence-corrected chi connectivity index (χ0v) is 15.4. The predicted molar refractivity (Wildman–Crippen MR) is 102 cm³/mol. The van der Waals surface area contributed by atoms with E-state index < -0.39 is 0 Å². The van der Waals surface area contributed by atoms with Gasteiger partial charge in [-0.25, -0.2) is 0 Å². The summed E-state index contributed by atoms with van der Waals surface area (Å²) in [5.74, 6) is 0.583. The number of rotatable bonds is 5. The minimum Gasteiger partial charge on any atom is -0.332 e. The Kier molecular flexibility index (Phi) is 5.77. The Bertz CT molecular complexity index is 673.